The molecule has 0 fully saturated rings. The Morgan fingerprint density at radius 2 is 1.90 bits per heavy atom. The van der Waals surface area contributed by atoms with Gasteiger partial charge in [-0.25, -0.2) is 4.98 Å². The molecule has 2 atom stereocenters. The van der Waals surface area contributed by atoms with Crippen LogP contribution in [0.2, 0.25) is 0 Å². The van der Waals surface area contributed by atoms with Crippen molar-refractivity contribution in [2.75, 3.05) is 13.1 Å². The lowest BCUT2D eigenvalue weighted by Crippen LogP contribution is -2.27. The SMILES string of the molecule is CCCNCC(C)C(C)Cc1nc2ccccc2n1CC. The van der Waals surface area contributed by atoms with Crippen LogP contribution in [-0.4, -0.2) is 22.6 Å². The highest BCUT2D eigenvalue weighted by atomic mass is 15.1. The lowest BCUT2D eigenvalue weighted by molar-refractivity contribution is 0.357. The van der Waals surface area contributed by atoms with Gasteiger partial charge in [0.25, 0.3) is 0 Å². The van der Waals surface area contributed by atoms with Gasteiger partial charge in [-0.2, -0.15) is 0 Å². The van der Waals surface area contributed by atoms with Crippen LogP contribution >= 0.6 is 0 Å². The summed E-state index contributed by atoms with van der Waals surface area (Å²) in [6.07, 6.45) is 2.25. The second-order valence-corrected chi connectivity index (χ2v) is 6.12. The van der Waals surface area contributed by atoms with Crippen molar-refractivity contribution >= 4 is 11.0 Å². The van der Waals surface area contributed by atoms with Crippen molar-refractivity contribution in [3.63, 3.8) is 0 Å². The Hall–Kier alpha value is -1.35. The van der Waals surface area contributed by atoms with Crippen molar-refractivity contribution in [2.24, 2.45) is 11.8 Å². The number of fused-ring (bicyclic) bond motifs is 1. The molecule has 2 aromatic rings. The van der Waals surface area contributed by atoms with Crippen LogP contribution < -0.4 is 5.32 Å². The van der Waals surface area contributed by atoms with Crippen molar-refractivity contribution in [1.29, 1.82) is 0 Å². The van der Waals surface area contributed by atoms with Crippen LogP contribution in [0.1, 0.15) is 39.9 Å². The van der Waals surface area contributed by atoms with Crippen molar-refractivity contribution in [3.05, 3.63) is 30.1 Å². The Morgan fingerprint density at radius 3 is 2.62 bits per heavy atom. The minimum Gasteiger partial charge on any atom is -0.328 e. The maximum atomic E-state index is 4.84. The maximum Gasteiger partial charge on any atom is 0.110 e. The highest BCUT2D eigenvalue weighted by Gasteiger charge is 2.17. The van der Waals surface area contributed by atoms with E-state index in [2.05, 4.69) is 61.8 Å². The summed E-state index contributed by atoms with van der Waals surface area (Å²) in [6.45, 7) is 12.3. The summed E-state index contributed by atoms with van der Waals surface area (Å²) >= 11 is 0. The molecule has 21 heavy (non-hydrogen) atoms. The number of rotatable bonds is 8. The van der Waals surface area contributed by atoms with Crippen molar-refractivity contribution in [2.45, 2.75) is 47.1 Å². The molecule has 0 bridgehead atoms. The second-order valence-electron chi connectivity index (χ2n) is 6.12. The average Bonchev–Trinajstić information content (AvgIpc) is 2.84. The summed E-state index contributed by atoms with van der Waals surface area (Å²) < 4.78 is 2.36. The minimum atomic E-state index is 0.636. The van der Waals surface area contributed by atoms with Crippen LogP contribution in [0.5, 0.6) is 0 Å². The van der Waals surface area contributed by atoms with Gasteiger partial charge >= 0.3 is 0 Å². The second kappa shape index (κ2) is 7.60. The van der Waals surface area contributed by atoms with Gasteiger partial charge in [-0.15, -0.1) is 0 Å². The molecule has 3 nitrogen and oxygen atoms in total. The van der Waals surface area contributed by atoms with E-state index in [4.69, 9.17) is 4.98 Å². The highest BCUT2D eigenvalue weighted by molar-refractivity contribution is 5.75. The van der Waals surface area contributed by atoms with Crippen LogP contribution in [0.3, 0.4) is 0 Å². The van der Waals surface area contributed by atoms with Gasteiger partial charge in [-0.1, -0.05) is 32.9 Å². The molecule has 2 unspecified atom stereocenters. The zero-order chi connectivity index (χ0) is 15.2. The summed E-state index contributed by atoms with van der Waals surface area (Å²) in [6, 6.07) is 8.45. The molecule has 0 amide bonds. The fourth-order valence-electron chi connectivity index (χ4n) is 2.83. The predicted octanol–water partition coefficient (Wildman–Crippen LogP) is 3.87. The normalized spacial score (nSPS) is 14.5. The molecule has 0 aliphatic heterocycles. The van der Waals surface area contributed by atoms with Crippen molar-refractivity contribution < 1.29 is 0 Å². The molecule has 1 heterocycles. The van der Waals surface area contributed by atoms with E-state index in [0.29, 0.717) is 11.8 Å². The third kappa shape index (κ3) is 3.85. The Morgan fingerprint density at radius 1 is 1.14 bits per heavy atom. The van der Waals surface area contributed by atoms with Gasteiger partial charge in [0, 0.05) is 13.0 Å². The molecule has 0 saturated heterocycles. The zero-order valence-corrected chi connectivity index (χ0v) is 13.9. The first-order chi connectivity index (χ1) is 10.2. The van der Waals surface area contributed by atoms with Crippen LogP contribution in [0, 0.1) is 11.8 Å². The first-order valence-corrected chi connectivity index (χ1v) is 8.32. The number of hydrogen-bond donors (Lipinski definition) is 1. The Bertz CT molecular complexity index is 559. The third-order valence-corrected chi connectivity index (χ3v) is 4.42. The first kappa shape index (κ1) is 16.0. The number of hydrogen-bond acceptors (Lipinski definition) is 2. The number of aromatic nitrogens is 2. The summed E-state index contributed by atoms with van der Waals surface area (Å²) in [4.78, 5) is 4.84. The maximum absolute atomic E-state index is 4.84. The molecule has 2 rings (SSSR count). The average molecular weight is 287 g/mol. The monoisotopic (exact) mass is 287 g/mol. The molecule has 0 aliphatic rings. The summed E-state index contributed by atoms with van der Waals surface area (Å²) in [5.74, 6) is 2.53. The van der Waals surface area contributed by atoms with Crippen molar-refractivity contribution in [3.8, 4) is 0 Å². The van der Waals surface area contributed by atoms with Gasteiger partial charge in [-0.3, -0.25) is 0 Å². The number of para-hydroxylation sites is 2. The minimum absolute atomic E-state index is 0.636. The van der Waals surface area contributed by atoms with Crippen LogP contribution in [-0.2, 0) is 13.0 Å². The summed E-state index contributed by atoms with van der Waals surface area (Å²) in [7, 11) is 0. The fraction of sp³-hybridized carbons (Fsp3) is 0.611. The summed E-state index contributed by atoms with van der Waals surface area (Å²) in [5, 5.41) is 3.53. The lowest BCUT2D eigenvalue weighted by Gasteiger charge is -2.20. The highest BCUT2D eigenvalue weighted by Crippen LogP contribution is 2.21. The van der Waals surface area contributed by atoms with E-state index in [9.17, 15) is 0 Å². The van der Waals surface area contributed by atoms with Crippen LogP contribution in [0.15, 0.2) is 24.3 Å². The number of nitrogens with zero attached hydrogens (tertiary/aromatic N) is 2. The van der Waals surface area contributed by atoms with Gasteiger partial charge in [0.1, 0.15) is 5.82 Å². The number of benzene rings is 1. The molecule has 0 spiro atoms. The third-order valence-electron chi connectivity index (χ3n) is 4.42. The van der Waals surface area contributed by atoms with Gasteiger partial charge in [0.2, 0.25) is 0 Å². The largest absolute Gasteiger partial charge is 0.328 e. The number of nitrogens with one attached hydrogen (secondary N) is 1. The molecular weight excluding hydrogens is 258 g/mol. The molecule has 0 aliphatic carbocycles. The van der Waals surface area contributed by atoms with E-state index >= 15 is 0 Å². The van der Waals surface area contributed by atoms with Gasteiger partial charge in [0.05, 0.1) is 11.0 Å². The van der Waals surface area contributed by atoms with Gasteiger partial charge in [0.15, 0.2) is 0 Å². The molecule has 0 saturated carbocycles. The number of aryl methyl sites for hydroxylation is 1. The smallest absolute Gasteiger partial charge is 0.110 e. The van der Waals surface area contributed by atoms with Crippen molar-refractivity contribution in [1.82, 2.24) is 14.9 Å². The Kier molecular flexibility index (Phi) is 5.80. The van der Waals surface area contributed by atoms with E-state index in [1.807, 2.05) is 0 Å². The molecule has 3 heteroatoms. The standard InChI is InChI=1S/C18H29N3/c1-5-11-19-13-15(4)14(3)12-18-20-16-9-7-8-10-17(16)21(18)6-2/h7-10,14-15,19H,5-6,11-13H2,1-4H3. The van der Waals surface area contributed by atoms with E-state index in [1.165, 1.54) is 17.8 Å². The molecule has 116 valence electrons. The van der Waals surface area contributed by atoms with E-state index in [0.717, 1.165) is 31.6 Å². The lowest BCUT2D eigenvalue weighted by atomic mass is 9.92. The number of imidazole rings is 1. The Labute approximate surface area is 128 Å². The molecule has 1 aromatic carbocycles. The fourth-order valence-corrected chi connectivity index (χ4v) is 2.83. The Balaban J connectivity index is 2.08. The molecule has 0 radical (unpaired) electrons. The zero-order valence-electron chi connectivity index (χ0n) is 13.9. The molecular formula is C18H29N3. The van der Waals surface area contributed by atoms with Crippen LogP contribution in [0.4, 0.5) is 0 Å². The van der Waals surface area contributed by atoms with Gasteiger partial charge in [-0.05, 0) is 50.4 Å². The van der Waals surface area contributed by atoms with E-state index in [-0.39, 0.29) is 0 Å². The summed E-state index contributed by atoms with van der Waals surface area (Å²) in [5.41, 5.74) is 2.39. The quantitative estimate of drug-likeness (QED) is 0.747. The van der Waals surface area contributed by atoms with Gasteiger partial charge < -0.3 is 9.88 Å². The van der Waals surface area contributed by atoms with Crippen LogP contribution in [0.25, 0.3) is 11.0 Å². The molecule has 1 aromatic heterocycles. The first-order valence-electron chi connectivity index (χ1n) is 8.32. The predicted molar refractivity (Wildman–Crippen MR) is 90.6 cm³/mol. The van der Waals surface area contributed by atoms with E-state index < -0.39 is 0 Å². The van der Waals surface area contributed by atoms with E-state index in [1.54, 1.807) is 0 Å². The topological polar surface area (TPSA) is 29.9 Å². The molecule has 1 N–H and O–H groups in total.